The summed E-state index contributed by atoms with van der Waals surface area (Å²) in [6, 6.07) is 0. The summed E-state index contributed by atoms with van der Waals surface area (Å²) in [4.78, 5) is 7.49. The Labute approximate surface area is 127 Å². The van der Waals surface area contributed by atoms with E-state index in [0.29, 0.717) is 29.5 Å². The first kappa shape index (κ1) is 14.0. The van der Waals surface area contributed by atoms with Crippen molar-refractivity contribution in [2.24, 2.45) is 7.05 Å². The highest BCUT2D eigenvalue weighted by atomic mass is 32.1. The van der Waals surface area contributed by atoms with Gasteiger partial charge >= 0.3 is 0 Å². The van der Waals surface area contributed by atoms with Crippen LogP contribution in [-0.4, -0.2) is 29.5 Å². The molecule has 1 N–H and O–H groups in total. The van der Waals surface area contributed by atoms with Crippen LogP contribution in [0.3, 0.4) is 0 Å². The molecule has 7 nitrogen and oxygen atoms in total. The third-order valence-corrected chi connectivity index (χ3v) is 3.76. The molecule has 3 aromatic rings. The fourth-order valence-corrected chi connectivity index (χ4v) is 2.83. The number of aryl methyl sites for hydroxylation is 5. The van der Waals surface area contributed by atoms with Crippen molar-refractivity contribution in [3.63, 3.8) is 0 Å². The van der Waals surface area contributed by atoms with E-state index in [1.807, 2.05) is 16.3 Å². The molecule has 0 saturated carbocycles. The number of H-pyrrole nitrogens is 1. The van der Waals surface area contributed by atoms with Crippen LogP contribution in [0, 0.1) is 11.7 Å². The van der Waals surface area contributed by atoms with Crippen LogP contribution in [0.25, 0.3) is 11.2 Å². The van der Waals surface area contributed by atoms with Crippen molar-refractivity contribution < 1.29 is 4.52 Å². The maximum absolute atomic E-state index is 5.43. The maximum atomic E-state index is 5.43. The first-order chi connectivity index (χ1) is 10.1. The third kappa shape index (κ3) is 2.51. The van der Waals surface area contributed by atoms with E-state index in [4.69, 9.17) is 16.7 Å². The Kier molecular flexibility index (Phi) is 3.62. The van der Waals surface area contributed by atoms with Crippen LogP contribution in [0.5, 0.6) is 0 Å². The average Bonchev–Trinajstić information content (AvgIpc) is 3.07. The second kappa shape index (κ2) is 5.44. The van der Waals surface area contributed by atoms with Gasteiger partial charge in [-0.3, -0.25) is 4.68 Å². The van der Waals surface area contributed by atoms with Crippen LogP contribution in [0.1, 0.15) is 30.8 Å². The summed E-state index contributed by atoms with van der Waals surface area (Å²) in [6.07, 6.45) is 2.67. The van der Waals surface area contributed by atoms with Crippen molar-refractivity contribution in [1.82, 2.24) is 29.5 Å². The summed E-state index contributed by atoms with van der Waals surface area (Å²) in [7, 11) is 1.94. The van der Waals surface area contributed by atoms with E-state index in [9.17, 15) is 0 Å². The number of hydrogen-bond acceptors (Lipinski definition) is 5. The largest absolute Gasteiger partial charge is 0.340 e. The van der Waals surface area contributed by atoms with E-state index in [1.165, 1.54) is 0 Å². The van der Waals surface area contributed by atoms with Gasteiger partial charge in [-0.05, 0) is 18.6 Å². The molecule has 3 aromatic heterocycles. The van der Waals surface area contributed by atoms with Crippen molar-refractivity contribution in [2.45, 2.75) is 39.7 Å². The maximum Gasteiger partial charge on any atom is 0.223 e. The Hall–Kier alpha value is -1.96. The molecule has 0 saturated heterocycles. The summed E-state index contributed by atoms with van der Waals surface area (Å²) < 4.78 is 9.62. The van der Waals surface area contributed by atoms with Crippen molar-refractivity contribution >= 4 is 23.4 Å². The van der Waals surface area contributed by atoms with Gasteiger partial charge in [0.15, 0.2) is 16.2 Å². The zero-order valence-corrected chi connectivity index (χ0v) is 13.2. The van der Waals surface area contributed by atoms with E-state index in [0.717, 1.165) is 29.7 Å². The van der Waals surface area contributed by atoms with Gasteiger partial charge in [0.05, 0.1) is 5.69 Å². The minimum atomic E-state index is 0.582. The lowest BCUT2D eigenvalue weighted by Gasteiger charge is -2.02. The van der Waals surface area contributed by atoms with Gasteiger partial charge in [0.1, 0.15) is 5.52 Å². The predicted octanol–water partition coefficient (Wildman–Crippen LogP) is 2.32. The molecule has 3 heterocycles. The van der Waals surface area contributed by atoms with Crippen LogP contribution < -0.4 is 0 Å². The molecule has 0 amide bonds. The normalized spacial score (nSPS) is 11.6. The van der Waals surface area contributed by atoms with Crippen molar-refractivity contribution in [3.8, 4) is 0 Å². The first-order valence-electron chi connectivity index (χ1n) is 7.03. The Bertz CT molecular complexity index is 824. The summed E-state index contributed by atoms with van der Waals surface area (Å²) in [5.74, 6) is 1.28. The quantitative estimate of drug-likeness (QED) is 0.732. The number of aromatic amines is 1. The molecule has 0 atom stereocenters. The van der Waals surface area contributed by atoms with Crippen LogP contribution in [0.4, 0.5) is 0 Å². The molecule has 112 valence electrons. The van der Waals surface area contributed by atoms with Crippen molar-refractivity contribution in [3.05, 3.63) is 22.2 Å². The van der Waals surface area contributed by atoms with Crippen LogP contribution in [-0.2, 0) is 26.4 Å². The minimum absolute atomic E-state index is 0.582. The minimum Gasteiger partial charge on any atom is -0.340 e. The van der Waals surface area contributed by atoms with Crippen molar-refractivity contribution in [2.75, 3.05) is 0 Å². The smallest absolute Gasteiger partial charge is 0.223 e. The zero-order valence-electron chi connectivity index (χ0n) is 12.4. The number of nitrogens with zero attached hydrogens (tertiary/aromatic N) is 5. The summed E-state index contributed by atoms with van der Waals surface area (Å²) in [5.41, 5.74) is 3.12. The Morgan fingerprint density at radius 3 is 2.81 bits per heavy atom. The number of nitrogens with one attached hydrogen (secondary N) is 1. The molecular formula is C13H18N6OS. The lowest BCUT2D eigenvalue weighted by atomic mass is 10.2. The lowest BCUT2D eigenvalue weighted by Crippen LogP contribution is -2.06. The van der Waals surface area contributed by atoms with Gasteiger partial charge in [0.2, 0.25) is 5.89 Å². The summed E-state index contributed by atoms with van der Waals surface area (Å²) in [5, 5.41) is 8.48. The molecular weight excluding hydrogens is 288 g/mol. The van der Waals surface area contributed by atoms with E-state index in [-0.39, 0.29) is 0 Å². The highest BCUT2D eigenvalue weighted by Crippen LogP contribution is 2.19. The first-order valence-corrected chi connectivity index (χ1v) is 7.44. The number of aromatic nitrogens is 6. The standard InChI is InChI=1S/C13H18N6OS/c1-4-5-9-11-12(18(3)16-9)19(13(21)15-11)7-6-10-14-8(2)20-17-10/h4-7H2,1-3H3,(H,15,21). The SMILES string of the molecule is CCCc1nn(C)c2c1[nH]c(=S)n2CCc1noc(C)n1. The number of rotatable bonds is 5. The molecule has 21 heavy (non-hydrogen) atoms. The fraction of sp³-hybridized carbons (Fsp3) is 0.538. The number of hydrogen-bond donors (Lipinski definition) is 1. The van der Waals surface area contributed by atoms with E-state index in [1.54, 1.807) is 6.92 Å². The second-order valence-corrected chi connectivity index (χ2v) is 5.47. The molecule has 0 aliphatic rings. The number of fused-ring (bicyclic) bond motifs is 1. The fourth-order valence-electron chi connectivity index (χ4n) is 2.55. The Morgan fingerprint density at radius 2 is 2.14 bits per heavy atom. The van der Waals surface area contributed by atoms with Crippen LogP contribution in [0.15, 0.2) is 4.52 Å². The Morgan fingerprint density at radius 1 is 1.33 bits per heavy atom. The molecule has 0 radical (unpaired) electrons. The zero-order chi connectivity index (χ0) is 15.0. The number of imidazole rings is 1. The van der Waals surface area contributed by atoms with Crippen molar-refractivity contribution in [1.29, 1.82) is 0 Å². The Balaban J connectivity index is 1.94. The highest BCUT2D eigenvalue weighted by molar-refractivity contribution is 7.71. The predicted molar refractivity (Wildman–Crippen MR) is 80.6 cm³/mol. The molecule has 0 spiro atoms. The van der Waals surface area contributed by atoms with Crippen LogP contribution >= 0.6 is 12.2 Å². The van der Waals surface area contributed by atoms with Gasteiger partial charge in [-0.25, -0.2) is 0 Å². The monoisotopic (exact) mass is 306 g/mol. The van der Waals surface area contributed by atoms with E-state index >= 15 is 0 Å². The third-order valence-electron chi connectivity index (χ3n) is 3.44. The topological polar surface area (TPSA) is 77.5 Å². The van der Waals surface area contributed by atoms with Gasteiger partial charge in [-0.15, -0.1) is 0 Å². The van der Waals surface area contributed by atoms with E-state index < -0.39 is 0 Å². The van der Waals surface area contributed by atoms with Gasteiger partial charge in [0.25, 0.3) is 0 Å². The summed E-state index contributed by atoms with van der Waals surface area (Å²) >= 11 is 5.43. The molecule has 0 unspecified atom stereocenters. The van der Waals surface area contributed by atoms with Gasteiger partial charge in [-0.1, -0.05) is 18.5 Å². The second-order valence-electron chi connectivity index (χ2n) is 5.08. The summed E-state index contributed by atoms with van der Waals surface area (Å²) in [6.45, 7) is 4.63. The van der Waals surface area contributed by atoms with Gasteiger partial charge in [-0.2, -0.15) is 10.1 Å². The molecule has 8 heteroatoms. The van der Waals surface area contributed by atoms with Gasteiger partial charge in [0, 0.05) is 26.9 Å². The molecule has 0 aromatic carbocycles. The highest BCUT2D eigenvalue weighted by Gasteiger charge is 2.15. The molecule has 0 fully saturated rings. The van der Waals surface area contributed by atoms with Gasteiger partial charge < -0.3 is 14.1 Å². The van der Waals surface area contributed by atoms with Crippen LogP contribution in [0.2, 0.25) is 0 Å². The molecule has 0 aliphatic heterocycles. The molecule has 3 rings (SSSR count). The molecule has 0 aliphatic carbocycles. The lowest BCUT2D eigenvalue weighted by molar-refractivity contribution is 0.386. The average molecular weight is 306 g/mol. The van der Waals surface area contributed by atoms with E-state index in [2.05, 4.69) is 27.1 Å². The molecule has 0 bridgehead atoms.